The molecule has 0 unspecified atom stereocenters. The Morgan fingerprint density at radius 1 is 1.19 bits per heavy atom. The zero-order chi connectivity index (χ0) is 14.7. The summed E-state index contributed by atoms with van der Waals surface area (Å²) in [6, 6.07) is 14.3. The molecule has 0 saturated carbocycles. The molecule has 3 aromatic rings. The maximum Gasteiger partial charge on any atom is 0.195 e. The van der Waals surface area contributed by atoms with E-state index in [0.717, 1.165) is 24.5 Å². The maximum absolute atomic E-state index is 5.33. The predicted octanol–water partition coefficient (Wildman–Crippen LogP) is 3.55. The molecule has 0 aliphatic heterocycles. The third kappa shape index (κ3) is 3.08. The van der Waals surface area contributed by atoms with E-state index in [4.69, 9.17) is 12.2 Å². The number of H-pyrrole nitrogens is 1. The monoisotopic (exact) mass is 296 g/mol. The summed E-state index contributed by atoms with van der Waals surface area (Å²) in [5.74, 6) is 0.785. The summed E-state index contributed by atoms with van der Waals surface area (Å²) in [5, 5.41) is 7.16. The number of nitrogens with one attached hydrogen (secondary N) is 1. The highest BCUT2D eigenvalue weighted by atomic mass is 32.1. The average molecular weight is 296 g/mol. The van der Waals surface area contributed by atoms with Gasteiger partial charge in [-0.25, -0.2) is 0 Å². The zero-order valence-electron chi connectivity index (χ0n) is 11.8. The van der Waals surface area contributed by atoms with Gasteiger partial charge in [0.1, 0.15) is 5.69 Å². The standard InChI is InChI=1S/C16H16N4S/c1-12-5-4-6-13(11-12)8-10-20-15(18-19-16(20)21)14-7-2-3-9-17-14/h2-7,9,11H,8,10H2,1H3,(H,19,21). The summed E-state index contributed by atoms with van der Waals surface area (Å²) in [7, 11) is 0. The smallest absolute Gasteiger partial charge is 0.195 e. The van der Waals surface area contributed by atoms with Gasteiger partial charge in [0, 0.05) is 12.7 Å². The molecule has 0 radical (unpaired) electrons. The number of hydrogen-bond donors (Lipinski definition) is 1. The van der Waals surface area contributed by atoms with Crippen molar-refractivity contribution in [2.75, 3.05) is 0 Å². The van der Waals surface area contributed by atoms with Crippen LogP contribution in [0.5, 0.6) is 0 Å². The molecule has 0 atom stereocenters. The van der Waals surface area contributed by atoms with E-state index in [1.165, 1.54) is 11.1 Å². The molecule has 106 valence electrons. The van der Waals surface area contributed by atoms with Crippen LogP contribution < -0.4 is 0 Å². The van der Waals surface area contributed by atoms with Crippen LogP contribution in [0.15, 0.2) is 48.7 Å². The molecule has 0 aliphatic rings. The van der Waals surface area contributed by atoms with Crippen molar-refractivity contribution < 1.29 is 0 Å². The lowest BCUT2D eigenvalue weighted by molar-refractivity contribution is 0.690. The van der Waals surface area contributed by atoms with Gasteiger partial charge < -0.3 is 0 Å². The highest BCUT2D eigenvalue weighted by Crippen LogP contribution is 2.15. The number of benzene rings is 1. The third-order valence-corrected chi connectivity index (χ3v) is 3.67. The number of aromatic nitrogens is 4. The lowest BCUT2D eigenvalue weighted by Gasteiger charge is -2.07. The fourth-order valence-electron chi connectivity index (χ4n) is 2.32. The average Bonchev–Trinajstić information content (AvgIpc) is 2.87. The summed E-state index contributed by atoms with van der Waals surface area (Å²) in [6.45, 7) is 2.89. The van der Waals surface area contributed by atoms with E-state index < -0.39 is 0 Å². The fraction of sp³-hybridized carbons (Fsp3) is 0.188. The van der Waals surface area contributed by atoms with E-state index in [9.17, 15) is 0 Å². The van der Waals surface area contributed by atoms with Gasteiger partial charge in [-0.05, 0) is 43.3 Å². The van der Waals surface area contributed by atoms with E-state index >= 15 is 0 Å². The number of aryl methyl sites for hydroxylation is 2. The maximum atomic E-state index is 5.33. The van der Waals surface area contributed by atoms with Gasteiger partial charge in [0.05, 0.1) is 0 Å². The minimum atomic E-state index is 0.628. The Labute approximate surface area is 128 Å². The Balaban J connectivity index is 1.86. The van der Waals surface area contributed by atoms with E-state index in [0.29, 0.717) is 4.77 Å². The number of rotatable bonds is 4. The van der Waals surface area contributed by atoms with Gasteiger partial charge >= 0.3 is 0 Å². The van der Waals surface area contributed by atoms with Crippen molar-refractivity contribution in [3.05, 3.63) is 64.6 Å². The molecule has 5 heteroatoms. The highest BCUT2D eigenvalue weighted by Gasteiger charge is 2.09. The Hall–Kier alpha value is -2.27. The zero-order valence-corrected chi connectivity index (χ0v) is 12.6. The SMILES string of the molecule is Cc1cccc(CCn2c(-c3ccccn3)n[nH]c2=S)c1. The van der Waals surface area contributed by atoms with E-state index in [-0.39, 0.29) is 0 Å². The lowest BCUT2D eigenvalue weighted by Crippen LogP contribution is -2.04. The lowest BCUT2D eigenvalue weighted by atomic mass is 10.1. The van der Waals surface area contributed by atoms with E-state index in [2.05, 4.69) is 46.4 Å². The molecule has 21 heavy (non-hydrogen) atoms. The van der Waals surface area contributed by atoms with E-state index in [1.807, 2.05) is 22.8 Å². The van der Waals surface area contributed by atoms with Gasteiger partial charge in [-0.3, -0.25) is 14.6 Å². The molecule has 4 nitrogen and oxygen atoms in total. The first-order valence-electron chi connectivity index (χ1n) is 6.86. The second kappa shape index (κ2) is 6.01. The van der Waals surface area contributed by atoms with Crippen LogP contribution in [0.1, 0.15) is 11.1 Å². The van der Waals surface area contributed by atoms with Crippen LogP contribution in [0.25, 0.3) is 11.5 Å². The number of hydrogen-bond acceptors (Lipinski definition) is 3. The Kier molecular flexibility index (Phi) is 3.92. The topological polar surface area (TPSA) is 46.5 Å². The van der Waals surface area contributed by atoms with Gasteiger partial charge in [-0.2, -0.15) is 5.10 Å². The molecular formula is C16H16N4S. The van der Waals surface area contributed by atoms with Crippen LogP contribution in [0.4, 0.5) is 0 Å². The summed E-state index contributed by atoms with van der Waals surface area (Å²) in [5.41, 5.74) is 3.40. The first kappa shape index (κ1) is 13.7. The molecule has 0 amide bonds. The number of pyridine rings is 1. The van der Waals surface area contributed by atoms with Crippen molar-refractivity contribution >= 4 is 12.2 Å². The molecule has 3 rings (SSSR count). The summed E-state index contributed by atoms with van der Waals surface area (Å²) in [6.07, 6.45) is 2.67. The van der Waals surface area contributed by atoms with Crippen molar-refractivity contribution in [2.45, 2.75) is 19.9 Å². The van der Waals surface area contributed by atoms with Crippen molar-refractivity contribution in [1.82, 2.24) is 19.7 Å². The number of nitrogens with zero attached hydrogens (tertiary/aromatic N) is 3. The molecule has 2 heterocycles. The predicted molar refractivity (Wildman–Crippen MR) is 85.5 cm³/mol. The van der Waals surface area contributed by atoms with Crippen molar-refractivity contribution in [3.8, 4) is 11.5 Å². The largest absolute Gasteiger partial charge is 0.299 e. The van der Waals surface area contributed by atoms with Crippen molar-refractivity contribution in [1.29, 1.82) is 0 Å². The number of aromatic amines is 1. The van der Waals surface area contributed by atoms with Crippen LogP contribution in [-0.2, 0) is 13.0 Å². The third-order valence-electron chi connectivity index (χ3n) is 3.36. The molecule has 0 saturated heterocycles. The van der Waals surface area contributed by atoms with Crippen molar-refractivity contribution in [3.63, 3.8) is 0 Å². The van der Waals surface area contributed by atoms with E-state index in [1.54, 1.807) is 6.20 Å². The van der Waals surface area contributed by atoms with Gasteiger partial charge in [0.2, 0.25) is 0 Å². The van der Waals surface area contributed by atoms with Crippen LogP contribution >= 0.6 is 12.2 Å². The Morgan fingerprint density at radius 2 is 2.10 bits per heavy atom. The second-order valence-corrected chi connectivity index (χ2v) is 5.34. The molecule has 0 spiro atoms. The molecule has 0 bridgehead atoms. The molecule has 2 aromatic heterocycles. The Morgan fingerprint density at radius 3 is 2.86 bits per heavy atom. The van der Waals surface area contributed by atoms with Gasteiger partial charge in [-0.15, -0.1) is 0 Å². The van der Waals surface area contributed by atoms with Gasteiger partial charge in [0.25, 0.3) is 0 Å². The minimum Gasteiger partial charge on any atom is -0.299 e. The first-order chi connectivity index (χ1) is 10.2. The summed E-state index contributed by atoms with van der Waals surface area (Å²) in [4.78, 5) is 4.34. The Bertz CT molecular complexity index is 789. The fourth-order valence-corrected chi connectivity index (χ4v) is 2.55. The normalized spacial score (nSPS) is 10.7. The molecule has 0 aliphatic carbocycles. The quantitative estimate of drug-likeness (QED) is 0.749. The molecular weight excluding hydrogens is 280 g/mol. The second-order valence-electron chi connectivity index (χ2n) is 4.96. The van der Waals surface area contributed by atoms with Crippen LogP contribution in [-0.4, -0.2) is 19.7 Å². The minimum absolute atomic E-state index is 0.628. The van der Waals surface area contributed by atoms with Crippen LogP contribution in [0.2, 0.25) is 0 Å². The highest BCUT2D eigenvalue weighted by molar-refractivity contribution is 7.71. The summed E-state index contributed by atoms with van der Waals surface area (Å²) >= 11 is 5.33. The summed E-state index contributed by atoms with van der Waals surface area (Å²) < 4.78 is 2.63. The molecule has 1 N–H and O–H groups in total. The van der Waals surface area contributed by atoms with Crippen molar-refractivity contribution in [2.24, 2.45) is 0 Å². The van der Waals surface area contributed by atoms with Gasteiger partial charge in [-0.1, -0.05) is 35.9 Å². The van der Waals surface area contributed by atoms with Gasteiger partial charge in [0.15, 0.2) is 10.6 Å². The first-order valence-corrected chi connectivity index (χ1v) is 7.27. The molecule has 1 aromatic carbocycles. The van der Waals surface area contributed by atoms with Crippen LogP contribution in [0, 0.1) is 11.7 Å². The van der Waals surface area contributed by atoms with Crippen LogP contribution in [0.3, 0.4) is 0 Å². The molecule has 0 fully saturated rings.